The van der Waals surface area contributed by atoms with Gasteiger partial charge >= 0.3 is 0 Å². The smallest absolute Gasteiger partial charge is 0.00681 e. The largest absolute Gasteiger partial charge is 0.125 e. The van der Waals surface area contributed by atoms with Gasteiger partial charge in [0.1, 0.15) is 0 Å². The van der Waals surface area contributed by atoms with E-state index in [9.17, 15) is 0 Å². The Labute approximate surface area is 110 Å². The molecule has 0 N–H and O–H groups in total. The zero-order valence-electron chi connectivity index (χ0n) is 13.0. The summed E-state index contributed by atoms with van der Waals surface area (Å²) in [6.45, 7) is 21.0. The number of hydrogen-bond donors (Lipinski definition) is 0. The van der Waals surface area contributed by atoms with Crippen molar-refractivity contribution < 1.29 is 0 Å². The lowest BCUT2D eigenvalue weighted by Gasteiger charge is -1.83. The Morgan fingerprint density at radius 3 is 1.82 bits per heavy atom. The van der Waals surface area contributed by atoms with Gasteiger partial charge in [-0.25, -0.2) is 0 Å². The summed E-state index contributed by atoms with van der Waals surface area (Å²) in [7, 11) is 0. The molecule has 0 unspecified atom stereocenters. The van der Waals surface area contributed by atoms with Crippen molar-refractivity contribution in [1.82, 2.24) is 0 Å². The predicted molar refractivity (Wildman–Crippen MR) is 85.5 cm³/mol. The molecular weight excluding hydrogens is 204 g/mol. The monoisotopic (exact) mass is 236 g/mol. The fourth-order valence-corrected chi connectivity index (χ4v) is 0.453. The molecule has 0 aliphatic rings. The highest BCUT2D eigenvalue weighted by molar-refractivity contribution is 5.04. The van der Waals surface area contributed by atoms with E-state index in [2.05, 4.69) is 18.9 Å². The summed E-state index contributed by atoms with van der Waals surface area (Å²) in [6, 6.07) is 0. The molecule has 0 aliphatic carbocycles. The van der Waals surface area contributed by atoms with E-state index in [-0.39, 0.29) is 0 Å². The maximum atomic E-state index is 3.77. The first-order valence-corrected chi connectivity index (χ1v) is 6.42. The fraction of sp³-hybridized carbons (Fsp3) is 0.471. The van der Waals surface area contributed by atoms with Crippen LogP contribution in [0.5, 0.6) is 0 Å². The van der Waals surface area contributed by atoms with Gasteiger partial charge in [-0.3, -0.25) is 0 Å². The van der Waals surface area contributed by atoms with E-state index in [4.69, 9.17) is 0 Å². The van der Waals surface area contributed by atoms with E-state index in [1.165, 1.54) is 5.57 Å². The maximum absolute atomic E-state index is 3.77. The van der Waals surface area contributed by atoms with Crippen molar-refractivity contribution in [2.45, 2.75) is 54.9 Å². The molecule has 0 spiro atoms. The Balaban J connectivity index is -0.000000102. The van der Waals surface area contributed by atoms with E-state index in [0.29, 0.717) is 0 Å². The molecule has 0 rings (SSSR count). The summed E-state index contributed by atoms with van der Waals surface area (Å²) in [6.07, 6.45) is 10.5. The minimum atomic E-state index is 0.925. The van der Waals surface area contributed by atoms with Crippen molar-refractivity contribution >= 4 is 0 Å². The van der Waals surface area contributed by atoms with Gasteiger partial charge in [0.25, 0.3) is 0 Å². The SMILES string of the molecule is C=C(C)CC=C=C/C=C\C.C=CC.CC.CC. The molecule has 0 amide bonds. The minimum Gasteiger partial charge on any atom is -0.125 e. The second-order valence-electron chi connectivity index (χ2n) is 2.63. The van der Waals surface area contributed by atoms with E-state index in [1.807, 2.05) is 72.8 Å². The highest BCUT2D eigenvalue weighted by Crippen LogP contribution is 1.94. The van der Waals surface area contributed by atoms with Crippen LogP contribution in [0.2, 0.25) is 0 Å². The average molecular weight is 236 g/mol. The quantitative estimate of drug-likeness (QED) is 0.299. The highest BCUT2D eigenvalue weighted by Gasteiger charge is 1.74. The van der Waals surface area contributed by atoms with Crippen LogP contribution >= 0.6 is 0 Å². The van der Waals surface area contributed by atoms with Crippen molar-refractivity contribution in [2.75, 3.05) is 0 Å². The molecular formula is C17H32. The fourth-order valence-electron chi connectivity index (χ4n) is 0.453. The number of rotatable bonds is 3. The summed E-state index contributed by atoms with van der Waals surface area (Å²) >= 11 is 0. The summed E-state index contributed by atoms with van der Waals surface area (Å²) in [5.41, 5.74) is 4.19. The van der Waals surface area contributed by atoms with E-state index < -0.39 is 0 Å². The molecule has 0 saturated heterocycles. The van der Waals surface area contributed by atoms with Gasteiger partial charge in [0.15, 0.2) is 0 Å². The van der Waals surface area contributed by atoms with Crippen molar-refractivity contribution in [3.8, 4) is 0 Å². The van der Waals surface area contributed by atoms with Crippen LogP contribution in [0.3, 0.4) is 0 Å². The van der Waals surface area contributed by atoms with Gasteiger partial charge in [-0.1, -0.05) is 58.1 Å². The molecule has 0 fully saturated rings. The van der Waals surface area contributed by atoms with Crippen LogP contribution in [-0.2, 0) is 0 Å². The van der Waals surface area contributed by atoms with Crippen molar-refractivity contribution in [1.29, 1.82) is 0 Å². The van der Waals surface area contributed by atoms with Gasteiger partial charge in [0, 0.05) is 0 Å². The van der Waals surface area contributed by atoms with E-state index in [1.54, 1.807) is 6.08 Å². The van der Waals surface area contributed by atoms with Crippen LogP contribution in [-0.4, -0.2) is 0 Å². The third kappa shape index (κ3) is 72.6. The molecule has 0 atom stereocenters. The van der Waals surface area contributed by atoms with E-state index in [0.717, 1.165) is 6.42 Å². The zero-order valence-corrected chi connectivity index (χ0v) is 13.0. The first-order valence-electron chi connectivity index (χ1n) is 6.42. The Kier molecular flexibility index (Phi) is 53.2. The summed E-state index contributed by atoms with van der Waals surface area (Å²) in [4.78, 5) is 0. The van der Waals surface area contributed by atoms with Gasteiger partial charge in [0.05, 0.1) is 0 Å². The van der Waals surface area contributed by atoms with Crippen LogP contribution in [0.1, 0.15) is 54.9 Å². The highest BCUT2D eigenvalue weighted by atomic mass is 13.8. The Bertz CT molecular complexity index is 210. The lowest BCUT2D eigenvalue weighted by atomic mass is 10.2. The first kappa shape index (κ1) is 24.8. The lowest BCUT2D eigenvalue weighted by molar-refractivity contribution is 1.23. The lowest BCUT2D eigenvalue weighted by Crippen LogP contribution is -1.63. The molecule has 0 aromatic rings. The van der Waals surface area contributed by atoms with Gasteiger partial charge in [-0.05, 0) is 39.3 Å². The van der Waals surface area contributed by atoms with Crippen LogP contribution < -0.4 is 0 Å². The van der Waals surface area contributed by atoms with Crippen LogP contribution in [0, 0.1) is 0 Å². The Morgan fingerprint density at radius 2 is 1.53 bits per heavy atom. The molecule has 0 nitrogen and oxygen atoms in total. The van der Waals surface area contributed by atoms with Crippen molar-refractivity contribution in [3.05, 3.63) is 54.8 Å². The van der Waals surface area contributed by atoms with Crippen LogP contribution in [0.25, 0.3) is 0 Å². The number of allylic oxidation sites excluding steroid dienone is 5. The Hall–Kier alpha value is -1.26. The summed E-state index contributed by atoms with van der Waals surface area (Å²) < 4.78 is 0. The predicted octanol–water partition coefficient (Wildman–Crippen LogP) is 6.48. The topological polar surface area (TPSA) is 0 Å². The second kappa shape index (κ2) is 36.4. The first-order chi connectivity index (χ1) is 8.18. The third-order valence-electron chi connectivity index (χ3n) is 0.953. The van der Waals surface area contributed by atoms with Crippen LogP contribution in [0.15, 0.2) is 54.8 Å². The molecule has 0 aromatic heterocycles. The standard InChI is InChI=1S/C10H14.C3H6.2C2H6/c1-4-5-6-7-8-9-10(2)3;1-3-2;2*1-2/h4-6,8H,2,9H2,1,3H3;3H,1H2,2H3;2*1-2H3/b5-4-;;;. The minimum absolute atomic E-state index is 0.925. The maximum Gasteiger partial charge on any atom is -0.00681 e. The molecule has 0 heteroatoms. The van der Waals surface area contributed by atoms with Crippen LogP contribution in [0.4, 0.5) is 0 Å². The van der Waals surface area contributed by atoms with Gasteiger partial charge in [0.2, 0.25) is 0 Å². The molecule has 0 radical (unpaired) electrons. The molecule has 0 saturated carbocycles. The zero-order chi connectivity index (χ0) is 14.5. The summed E-state index contributed by atoms with van der Waals surface area (Å²) in [5.74, 6) is 0. The molecule has 0 heterocycles. The van der Waals surface area contributed by atoms with Crippen molar-refractivity contribution in [2.24, 2.45) is 0 Å². The molecule has 100 valence electrons. The molecule has 0 aliphatic heterocycles. The Morgan fingerprint density at radius 1 is 1.12 bits per heavy atom. The van der Waals surface area contributed by atoms with Gasteiger partial charge in [-0.2, -0.15) is 0 Å². The van der Waals surface area contributed by atoms with E-state index >= 15 is 0 Å². The van der Waals surface area contributed by atoms with Crippen molar-refractivity contribution in [3.63, 3.8) is 0 Å². The second-order valence-corrected chi connectivity index (χ2v) is 2.63. The molecule has 17 heavy (non-hydrogen) atoms. The van der Waals surface area contributed by atoms with Gasteiger partial charge in [-0.15, -0.1) is 12.3 Å². The molecule has 0 aromatic carbocycles. The average Bonchev–Trinajstić information content (AvgIpc) is 2.35. The van der Waals surface area contributed by atoms with Gasteiger partial charge < -0.3 is 0 Å². The summed E-state index contributed by atoms with van der Waals surface area (Å²) in [5, 5.41) is 0. The molecule has 0 bridgehead atoms. The third-order valence-corrected chi connectivity index (χ3v) is 0.953. The number of hydrogen-bond acceptors (Lipinski definition) is 0. The normalized spacial score (nSPS) is 6.76.